The van der Waals surface area contributed by atoms with Crippen LogP contribution in [0, 0.1) is 0 Å². The van der Waals surface area contributed by atoms with E-state index < -0.39 is 74.2 Å². The molecule has 0 bridgehead atoms. The highest BCUT2D eigenvalue weighted by molar-refractivity contribution is 5.80. The van der Waals surface area contributed by atoms with Crippen LogP contribution in [0.2, 0.25) is 0 Å². The molecule has 0 radical (unpaired) electrons. The number of nitrogens with one attached hydrogen (secondary N) is 1. The summed E-state index contributed by atoms with van der Waals surface area (Å²) in [5.74, 6) is -0.712. The molecular formula is C60H111NO10. The van der Waals surface area contributed by atoms with Crippen LogP contribution in [0.3, 0.4) is 0 Å². The summed E-state index contributed by atoms with van der Waals surface area (Å²) in [6, 6.07) is -1.19. The smallest absolute Gasteiger partial charge is 0.249 e. The number of carbonyl (C=O) groups excluding carboxylic acids is 1. The van der Waals surface area contributed by atoms with E-state index in [0.29, 0.717) is 19.3 Å². The first-order chi connectivity index (χ1) is 34.7. The number of ether oxygens (including phenoxy) is 2. The molecule has 9 atom stereocenters. The van der Waals surface area contributed by atoms with E-state index in [4.69, 9.17) is 9.47 Å². The first-order valence-electron chi connectivity index (χ1n) is 29.5. The van der Waals surface area contributed by atoms with Crippen molar-refractivity contribution < 1.29 is 50.0 Å². The van der Waals surface area contributed by atoms with Crippen LogP contribution in [0.15, 0.2) is 48.6 Å². The number of amides is 1. The summed E-state index contributed by atoms with van der Waals surface area (Å²) in [6.45, 7) is 3.35. The Morgan fingerprint density at radius 1 is 0.493 bits per heavy atom. The Morgan fingerprint density at radius 2 is 0.915 bits per heavy atom. The molecule has 416 valence electrons. The highest BCUT2D eigenvalue weighted by Gasteiger charge is 2.44. The second-order valence-electron chi connectivity index (χ2n) is 20.7. The van der Waals surface area contributed by atoms with Crippen LogP contribution in [0.25, 0.3) is 0 Å². The largest absolute Gasteiger partial charge is 0.394 e. The van der Waals surface area contributed by atoms with Crippen molar-refractivity contribution in [3.63, 3.8) is 0 Å². The molecule has 1 fully saturated rings. The van der Waals surface area contributed by atoms with Gasteiger partial charge in [0.25, 0.3) is 0 Å². The maximum absolute atomic E-state index is 13.1. The van der Waals surface area contributed by atoms with Crippen molar-refractivity contribution in [2.24, 2.45) is 0 Å². The first-order valence-corrected chi connectivity index (χ1v) is 29.5. The minimum atomic E-state index is -1.67. The van der Waals surface area contributed by atoms with Gasteiger partial charge in [-0.3, -0.25) is 4.79 Å². The van der Waals surface area contributed by atoms with E-state index >= 15 is 0 Å². The summed E-state index contributed by atoms with van der Waals surface area (Å²) < 4.78 is 11.1. The number of aliphatic hydroxyl groups is 7. The fourth-order valence-electron chi connectivity index (χ4n) is 9.26. The van der Waals surface area contributed by atoms with E-state index in [-0.39, 0.29) is 12.8 Å². The van der Waals surface area contributed by atoms with Crippen LogP contribution in [0.1, 0.15) is 258 Å². The van der Waals surface area contributed by atoms with Crippen LogP contribution in [-0.2, 0) is 14.3 Å². The van der Waals surface area contributed by atoms with Crippen molar-refractivity contribution in [3.8, 4) is 0 Å². The summed E-state index contributed by atoms with van der Waals surface area (Å²) in [7, 11) is 0. The maximum Gasteiger partial charge on any atom is 0.249 e. The number of carbonyl (C=O) groups is 1. The molecule has 1 saturated heterocycles. The molecule has 71 heavy (non-hydrogen) atoms. The maximum atomic E-state index is 13.1. The lowest BCUT2D eigenvalue weighted by Crippen LogP contribution is -2.60. The van der Waals surface area contributed by atoms with Crippen molar-refractivity contribution in [1.82, 2.24) is 5.32 Å². The van der Waals surface area contributed by atoms with Gasteiger partial charge in [0.2, 0.25) is 5.91 Å². The molecule has 0 aliphatic carbocycles. The molecular weight excluding hydrogens is 895 g/mol. The number of aliphatic hydroxyl groups excluding tert-OH is 7. The average molecular weight is 1010 g/mol. The zero-order valence-electron chi connectivity index (χ0n) is 45.5. The molecule has 1 heterocycles. The van der Waals surface area contributed by atoms with Crippen molar-refractivity contribution in [2.75, 3.05) is 13.2 Å². The van der Waals surface area contributed by atoms with Crippen LogP contribution in [-0.4, -0.2) is 110 Å². The molecule has 1 amide bonds. The fourth-order valence-corrected chi connectivity index (χ4v) is 9.26. The third-order valence-electron chi connectivity index (χ3n) is 14.1. The third kappa shape index (κ3) is 37.5. The number of rotatable bonds is 50. The number of hydrogen-bond acceptors (Lipinski definition) is 10. The van der Waals surface area contributed by atoms with Crippen molar-refractivity contribution in [2.45, 2.75) is 313 Å². The second kappa shape index (κ2) is 49.0. The molecule has 9 unspecified atom stereocenters. The molecule has 0 aromatic rings. The van der Waals surface area contributed by atoms with Crippen molar-refractivity contribution >= 4 is 5.91 Å². The van der Waals surface area contributed by atoms with Gasteiger partial charge < -0.3 is 50.5 Å². The predicted molar refractivity (Wildman–Crippen MR) is 293 cm³/mol. The zero-order valence-corrected chi connectivity index (χ0v) is 45.5. The normalized spacial score (nSPS) is 20.5. The van der Waals surface area contributed by atoms with E-state index in [1.54, 1.807) is 0 Å². The summed E-state index contributed by atoms with van der Waals surface area (Å²) >= 11 is 0. The van der Waals surface area contributed by atoms with Gasteiger partial charge in [-0.2, -0.15) is 0 Å². The van der Waals surface area contributed by atoms with E-state index in [0.717, 1.165) is 51.4 Å². The average Bonchev–Trinajstić information content (AvgIpc) is 3.37. The van der Waals surface area contributed by atoms with Gasteiger partial charge in [0.15, 0.2) is 6.29 Å². The van der Waals surface area contributed by atoms with Crippen LogP contribution < -0.4 is 5.32 Å². The van der Waals surface area contributed by atoms with Gasteiger partial charge in [-0.25, -0.2) is 0 Å². The van der Waals surface area contributed by atoms with Crippen LogP contribution in [0.4, 0.5) is 0 Å². The van der Waals surface area contributed by atoms with E-state index in [1.165, 1.54) is 161 Å². The highest BCUT2D eigenvalue weighted by Crippen LogP contribution is 2.23. The molecule has 1 aliphatic rings. The molecule has 0 spiro atoms. The van der Waals surface area contributed by atoms with Crippen LogP contribution in [0.5, 0.6) is 0 Å². The minimum absolute atomic E-state index is 0.244. The number of hydrogen-bond donors (Lipinski definition) is 8. The fraction of sp³-hybridized carbons (Fsp3) is 0.850. The molecule has 0 saturated carbocycles. The molecule has 11 nitrogen and oxygen atoms in total. The Bertz CT molecular complexity index is 1290. The molecule has 1 aliphatic heterocycles. The van der Waals surface area contributed by atoms with Gasteiger partial charge in [0.1, 0.15) is 36.6 Å². The highest BCUT2D eigenvalue weighted by atomic mass is 16.7. The minimum Gasteiger partial charge on any atom is -0.394 e. The van der Waals surface area contributed by atoms with Crippen molar-refractivity contribution in [1.29, 1.82) is 0 Å². The lowest BCUT2D eigenvalue weighted by Gasteiger charge is -2.40. The Kier molecular flexibility index (Phi) is 46.3. The van der Waals surface area contributed by atoms with Gasteiger partial charge in [-0.1, -0.05) is 229 Å². The van der Waals surface area contributed by atoms with E-state index in [1.807, 2.05) is 0 Å². The molecule has 1 rings (SSSR count). The van der Waals surface area contributed by atoms with Crippen molar-refractivity contribution in [3.05, 3.63) is 48.6 Å². The van der Waals surface area contributed by atoms with Gasteiger partial charge >= 0.3 is 0 Å². The Labute approximate surface area is 434 Å². The Hall–Kier alpha value is -1.93. The lowest BCUT2D eigenvalue weighted by atomic mass is 9.98. The monoisotopic (exact) mass is 1010 g/mol. The summed E-state index contributed by atoms with van der Waals surface area (Å²) in [6.07, 6.45) is 50.7. The van der Waals surface area contributed by atoms with E-state index in [2.05, 4.69) is 67.8 Å². The third-order valence-corrected chi connectivity index (χ3v) is 14.1. The topological polar surface area (TPSA) is 189 Å². The standard InChI is InChI=1S/C60H111NO10/c1-3-5-7-9-11-13-15-16-17-18-19-20-21-22-23-24-25-26-27-28-29-30-31-32-33-34-35-36-37-38-40-42-44-46-48-53(64)59(69)61-51(50-70-60-58(68)57(67)56(66)54(49-62)71-60)55(65)52(63)47-45-43-41-39-14-12-10-8-6-4-2/h8,10,21-22,24-25,39,41,51-58,60,62-68H,3-7,9,11-20,23,26-38,40,42-50H2,1-2H3,(H,61,69)/b10-8+,22-21-,25-24-,41-39+. The predicted octanol–water partition coefficient (Wildman–Crippen LogP) is 12.5. The number of unbranched alkanes of at least 4 members (excludes halogenated alkanes) is 30. The molecule has 0 aromatic carbocycles. The zero-order chi connectivity index (χ0) is 51.8. The second-order valence-corrected chi connectivity index (χ2v) is 20.7. The molecule has 0 aromatic heterocycles. The van der Waals surface area contributed by atoms with Crippen LogP contribution >= 0.6 is 0 Å². The molecule has 11 heteroatoms. The Morgan fingerprint density at radius 3 is 1.39 bits per heavy atom. The summed E-state index contributed by atoms with van der Waals surface area (Å²) in [5, 5.41) is 75.8. The summed E-state index contributed by atoms with van der Waals surface area (Å²) in [4.78, 5) is 13.1. The first kappa shape index (κ1) is 67.1. The van der Waals surface area contributed by atoms with Gasteiger partial charge in [0, 0.05) is 0 Å². The van der Waals surface area contributed by atoms with Gasteiger partial charge in [0.05, 0.1) is 25.4 Å². The molecule has 8 N–H and O–H groups in total. The Balaban J connectivity index is 2.15. The van der Waals surface area contributed by atoms with Gasteiger partial charge in [-0.05, 0) is 77.0 Å². The quantitative estimate of drug-likeness (QED) is 0.0215. The SMILES string of the molecule is CCC/C=C/CC/C=C/CCCC(O)C(O)C(COC1OC(CO)C(O)C(O)C1O)NC(=O)C(O)CCCCCCCCCCCCCCCCCC/C=C\C/C=C\CCCCCCCCCCCCC. The summed E-state index contributed by atoms with van der Waals surface area (Å²) in [5.41, 5.74) is 0. The number of allylic oxidation sites excluding steroid dienone is 8. The lowest BCUT2D eigenvalue weighted by molar-refractivity contribution is -0.303. The van der Waals surface area contributed by atoms with Gasteiger partial charge in [-0.15, -0.1) is 0 Å². The van der Waals surface area contributed by atoms with E-state index in [9.17, 15) is 40.5 Å².